The Hall–Kier alpha value is -1.19. The summed E-state index contributed by atoms with van der Waals surface area (Å²) in [5.74, 6) is 0. The van der Waals surface area contributed by atoms with E-state index < -0.39 is 6.10 Å². The van der Waals surface area contributed by atoms with Crippen molar-refractivity contribution >= 4 is 15.9 Å². The van der Waals surface area contributed by atoms with Crippen molar-refractivity contribution < 1.29 is 5.11 Å². The van der Waals surface area contributed by atoms with Gasteiger partial charge in [-0.25, -0.2) is 0 Å². The first-order chi connectivity index (χ1) is 8.08. The fraction of sp³-hybridized carbons (Fsp3) is 0.214. The van der Waals surface area contributed by atoms with Crippen LogP contribution in [-0.2, 0) is 0 Å². The second kappa shape index (κ2) is 4.98. The van der Waals surface area contributed by atoms with Crippen LogP contribution in [0.2, 0.25) is 0 Å². The maximum atomic E-state index is 10.2. The number of halogens is 1. The van der Waals surface area contributed by atoms with E-state index in [1.807, 2.05) is 44.2 Å². The van der Waals surface area contributed by atoms with E-state index in [0.717, 1.165) is 26.9 Å². The van der Waals surface area contributed by atoms with E-state index in [1.54, 1.807) is 6.20 Å². The molecule has 1 unspecified atom stereocenters. The van der Waals surface area contributed by atoms with Crippen LogP contribution < -0.4 is 0 Å². The Bertz CT molecular complexity index is 522. The van der Waals surface area contributed by atoms with Gasteiger partial charge in [-0.2, -0.15) is 0 Å². The Kier molecular flexibility index (Phi) is 3.60. The molecule has 0 saturated heterocycles. The third-order valence-corrected chi connectivity index (χ3v) is 3.62. The molecule has 0 amide bonds. The second-order valence-corrected chi connectivity index (χ2v) is 5.00. The minimum absolute atomic E-state index is 0.625. The van der Waals surface area contributed by atoms with E-state index in [9.17, 15) is 5.11 Å². The van der Waals surface area contributed by atoms with E-state index >= 15 is 0 Å². The number of benzene rings is 1. The second-order valence-electron chi connectivity index (χ2n) is 4.14. The number of nitrogens with zero attached hydrogens (tertiary/aromatic N) is 1. The lowest BCUT2D eigenvalue weighted by molar-refractivity contribution is 0.220. The largest absolute Gasteiger partial charge is 0.384 e. The van der Waals surface area contributed by atoms with Crippen LogP contribution in [0.5, 0.6) is 0 Å². The highest BCUT2D eigenvalue weighted by molar-refractivity contribution is 9.10. The number of pyridine rings is 1. The summed E-state index contributed by atoms with van der Waals surface area (Å²) < 4.78 is 1.01. The topological polar surface area (TPSA) is 33.1 Å². The molecule has 0 bridgehead atoms. The lowest BCUT2D eigenvalue weighted by Gasteiger charge is -2.12. The molecule has 1 atom stereocenters. The molecule has 2 aromatic rings. The minimum atomic E-state index is -0.625. The fourth-order valence-electron chi connectivity index (χ4n) is 1.61. The first-order valence-corrected chi connectivity index (χ1v) is 6.24. The molecule has 0 fully saturated rings. The van der Waals surface area contributed by atoms with E-state index in [2.05, 4.69) is 20.9 Å². The normalized spacial score (nSPS) is 12.5. The van der Waals surface area contributed by atoms with Crippen LogP contribution in [0.15, 0.2) is 41.0 Å². The quantitative estimate of drug-likeness (QED) is 0.918. The molecule has 0 aliphatic rings. The van der Waals surface area contributed by atoms with Gasteiger partial charge in [0, 0.05) is 21.9 Å². The number of hydrogen-bond donors (Lipinski definition) is 1. The smallest absolute Gasteiger partial charge is 0.106 e. The highest BCUT2D eigenvalue weighted by Crippen LogP contribution is 2.26. The van der Waals surface area contributed by atoms with Crippen LogP contribution in [0.25, 0.3) is 0 Å². The average molecular weight is 292 g/mol. The summed E-state index contributed by atoms with van der Waals surface area (Å²) >= 11 is 3.47. The van der Waals surface area contributed by atoms with Crippen LogP contribution in [0.4, 0.5) is 0 Å². The van der Waals surface area contributed by atoms with E-state index in [0.29, 0.717) is 0 Å². The van der Waals surface area contributed by atoms with Gasteiger partial charge in [-0.1, -0.05) is 34.1 Å². The van der Waals surface area contributed by atoms with Crippen molar-refractivity contribution in [2.45, 2.75) is 20.0 Å². The lowest BCUT2D eigenvalue weighted by atomic mass is 10.0. The van der Waals surface area contributed by atoms with Gasteiger partial charge in [0.05, 0.1) is 0 Å². The van der Waals surface area contributed by atoms with Crippen LogP contribution in [0.3, 0.4) is 0 Å². The highest BCUT2D eigenvalue weighted by atomic mass is 79.9. The van der Waals surface area contributed by atoms with Crippen molar-refractivity contribution in [3.05, 3.63) is 63.4 Å². The number of rotatable bonds is 2. The molecule has 0 aliphatic carbocycles. The summed E-state index contributed by atoms with van der Waals surface area (Å²) in [4.78, 5) is 4.19. The lowest BCUT2D eigenvalue weighted by Crippen LogP contribution is -2.00. The monoisotopic (exact) mass is 291 g/mol. The molecule has 0 radical (unpaired) electrons. The third kappa shape index (κ3) is 2.73. The van der Waals surface area contributed by atoms with Crippen molar-refractivity contribution in [2.75, 3.05) is 0 Å². The standard InChI is InChI=1S/C14H14BrNO/c1-9-3-5-11(7-13(9)15)14(17)12-6-4-10(2)16-8-12/h3-8,14,17H,1-2H3. The predicted molar refractivity (Wildman–Crippen MR) is 71.9 cm³/mol. The molecule has 1 N–H and O–H groups in total. The van der Waals surface area contributed by atoms with Crippen molar-refractivity contribution in [2.24, 2.45) is 0 Å². The Morgan fingerprint density at radius 1 is 1.12 bits per heavy atom. The number of aromatic nitrogens is 1. The fourth-order valence-corrected chi connectivity index (χ4v) is 2.01. The van der Waals surface area contributed by atoms with Crippen LogP contribution in [0, 0.1) is 13.8 Å². The maximum Gasteiger partial charge on any atom is 0.106 e. The first-order valence-electron chi connectivity index (χ1n) is 5.44. The average Bonchev–Trinajstić information content (AvgIpc) is 2.33. The van der Waals surface area contributed by atoms with Gasteiger partial charge in [0.15, 0.2) is 0 Å². The molecule has 1 aromatic heterocycles. The SMILES string of the molecule is Cc1ccc(C(O)c2ccc(C)c(Br)c2)cn1. The molecule has 2 rings (SSSR count). The maximum absolute atomic E-state index is 10.2. The molecule has 0 saturated carbocycles. The summed E-state index contributed by atoms with van der Waals surface area (Å²) in [5, 5.41) is 10.2. The van der Waals surface area contributed by atoms with Gasteiger partial charge in [-0.05, 0) is 37.1 Å². The molecular weight excluding hydrogens is 278 g/mol. The van der Waals surface area contributed by atoms with Crippen molar-refractivity contribution in [3.63, 3.8) is 0 Å². The van der Waals surface area contributed by atoms with Gasteiger partial charge in [0.25, 0.3) is 0 Å². The van der Waals surface area contributed by atoms with Gasteiger partial charge >= 0.3 is 0 Å². The Morgan fingerprint density at radius 2 is 1.82 bits per heavy atom. The molecule has 1 heterocycles. The summed E-state index contributed by atoms with van der Waals surface area (Å²) in [6.45, 7) is 3.95. The third-order valence-electron chi connectivity index (χ3n) is 2.76. The van der Waals surface area contributed by atoms with Crippen LogP contribution in [-0.4, -0.2) is 10.1 Å². The van der Waals surface area contributed by atoms with E-state index in [-0.39, 0.29) is 0 Å². The number of aliphatic hydroxyl groups is 1. The first kappa shape index (κ1) is 12.3. The number of hydrogen-bond acceptors (Lipinski definition) is 2. The van der Waals surface area contributed by atoms with Gasteiger partial charge in [-0.15, -0.1) is 0 Å². The highest BCUT2D eigenvalue weighted by Gasteiger charge is 2.11. The molecule has 0 aliphatic heterocycles. The van der Waals surface area contributed by atoms with Crippen LogP contribution >= 0.6 is 15.9 Å². The zero-order chi connectivity index (χ0) is 12.4. The van der Waals surface area contributed by atoms with Gasteiger partial charge in [0.2, 0.25) is 0 Å². The van der Waals surface area contributed by atoms with Gasteiger partial charge < -0.3 is 5.11 Å². The number of aryl methyl sites for hydroxylation is 2. The van der Waals surface area contributed by atoms with Crippen LogP contribution in [0.1, 0.15) is 28.5 Å². The summed E-state index contributed by atoms with van der Waals surface area (Å²) in [6.07, 6.45) is 1.09. The van der Waals surface area contributed by atoms with Crippen molar-refractivity contribution in [1.29, 1.82) is 0 Å². The molecule has 17 heavy (non-hydrogen) atoms. The summed E-state index contributed by atoms with van der Waals surface area (Å²) in [5.41, 5.74) is 3.79. The molecule has 88 valence electrons. The minimum Gasteiger partial charge on any atom is -0.384 e. The van der Waals surface area contributed by atoms with E-state index in [1.165, 1.54) is 0 Å². The van der Waals surface area contributed by atoms with Gasteiger partial charge in [0.1, 0.15) is 6.10 Å². The van der Waals surface area contributed by atoms with Gasteiger partial charge in [-0.3, -0.25) is 4.98 Å². The zero-order valence-corrected chi connectivity index (χ0v) is 11.4. The zero-order valence-electron chi connectivity index (χ0n) is 9.81. The molecule has 2 nitrogen and oxygen atoms in total. The van der Waals surface area contributed by atoms with Crippen molar-refractivity contribution in [1.82, 2.24) is 4.98 Å². The van der Waals surface area contributed by atoms with E-state index in [4.69, 9.17) is 0 Å². The summed E-state index contributed by atoms with van der Waals surface area (Å²) in [7, 11) is 0. The van der Waals surface area contributed by atoms with Crippen molar-refractivity contribution in [3.8, 4) is 0 Å². The molecule has 1 aromatic carbocycles. The predicted octanol–water partition coefficient (Wildman–Crippen LogP) is 3.54. The Morgan fingerprint density at radius 3 is 2.41 bits per heavy atom. The number of aliphatic hydroxyl groups excluding tert-OH is 1. The molecular formula is C14H14BrNO. The molecule has 3 heteroatoms. The Balaban J connectivity index is 2.33. The Labute approximate surface area is 109 Å². The molecule has 0 spiro atoms. The summed E-state index contributed by atoms with van der Waals surface area (Å²) in [6, 6.07) is 9.68.